The highest BCUT2D eigenvalue weighted by Crippen LogP contribution is 2.19. The zero-order valence-electron chi connectivity index (χ0n) is 8.05. The minimum atomic E-state index is 0.279. The van der Waals surface area contributed by atoms with Crippen molar-refractivity contribution in [3.63, 3.8) is 0 Å². The third kappa shape index (κ3) is 2.48. The van der Waals surface area contributed by atoms with Crippen LogP contribution >= 0.6 is 23.1 Å². The molecule has 2 aromatic rings. The highest BCUT2D eigenvalue weighted by Gasteiger charge is 2.05. The average molecular weight is 252 g/mol. The van der Waals surface area contributed by atoms with Crippen LogP contribution in [0.15, 0.2) is 24.3 Å². The van der Waals surface area contributed by atoms with Gasteiger partial charge in [0.25, 0.3) is 0 Å². The van der Waals surface area contributed by atoms with E-state index < -0.39 is 0 Å². The van der Waals surface area contributed by atoms with Crippen molar-refractivity contribution in [1.82, 2.24) is 9.59 Å². The summed E-state index contributed by atoms with van der Waals surface area (Å²) >= 11 is 6.95. The lowest BCUT2D eigenvalue weighted by molar-refractivity contribution is 0.301. The Morgan fingerprint density at radius 1 is 1.38 bits per heavy atom. The average Bonchev–Trinajstić information content (AvgIpc) is 2.73. The molecule has 2 rings (SSSR count). The molecule has 0 unspecified atom stereocenters. The van der Waals surface area contributed by atoms with Crippen molar-refractivity contribution in [3.8, 4) is 11.8 Å². The molecular formula is C10H6ClN3OS. The number of benzene rings is 1. The monoisotopic (exact) mass is 251 g/mol. The first-order chi connectivity index (χ1) is 7.79. The van der Waals surface area contributed by atoms with Crippen molar-refractivity contribution in [1.29, 1.82) is 5.26 Å². The molecule has 0 aliphatic rings. The molecule has 0 atom stereocenters. The third-order valence-electron chi connectivity index (χ3n) is 1.87. The summed E-state index contributed by atoms with van der Waals surface area (Å²) in [4.78, 5) is 0. The molecule has 0 saturated carbocycles. The predicted octanol–water partition coefficient (Wildman–Crippen LogP) is 2.64. The van der Waals surface area contributed by atoms with E-state index in [9.17, 15) is 0 Å². The van der Waals surface area contributed by atoms with Crippen LogP contribution in [0, 0.1) is 11.3 Å². The Kier molecular flexibility index (Phi) is 3.34. The number of hydrogen-bond acceptors (Lipinski definition) is 5. The summed E-state index contributed by atoms with van der Waals surface area (Å²) in [6, 6.07) is 8.87. The van der Waals surface area contributed by atoms with Crippen molar-refractivity contribution in [2.75, 3.05) is 0 Å². The Morgan fingerprint density at radius 2 is 2.12 bits per heavy atom. The molecule has 1 heterocycles. The summed E-state index contributed by atoms with van der Waals surface area (Å²) in [5, 5.41) is 12.4. The SMILES string of the molecule is N#Cc1ccc(OCc2nnsc2Cl)cc1. The van der Waals surface area contributed by atoms with Crippen molar-refractivity contribution in [2.24, 2.45) is 0 Å². The van der Waals surface area contributed by atoms with Gasteiger partial charge in [0, 0.05) is 11.5 Å². The number of halogens is 1. The fourth-order valence-corrected chi connectivity index (χ4v) is 1.66. The van der Waals surface area contributed by atoms with Crippen LogP contribution in [0.5, 0.6) is 5.75 Å². The van der Waals surface area contributed by atoms with E-state index in [4.69, 9.17) is 21.6 Å². The minimum absolute atomic E-state index is 0.279. The molecule has 4 nitrogen and oxygen atoms in total. The third-order valence-corrected chi connectivity index (χ3v) is 2.85. The van der Waals surface area contributed by atoms with Gasteiger partial charge in [-0.3, -0.25) is 0 Å². The molecule has 0 radical (unpaired) electrons. The molecule has 0 amide bonds. The Hall–Kier alpha value is -1.64. The molecule has 16 heavy (non-hydrogen) atoms. The topological polar surface area (TPSA) is 58.8 Å². The van der Waals surface area contributed by atoms with Crippen LogP contribution in [0.25, 0.3) is 0 Å². The maximum atomic E-state index is 8.62. The van der Waals surface area contributed by atoms with Crippen LogP contribution in [0.2, 0.25) is 4.34 Å². The van der Waals surface area contributed by atoms with Gasteiger partial charge in [0.2, 0.25) is 0 Å². The lowest BCUT2D eigenvalue weighted by atomic mass is 10.2. The van der Waals surface area contributed by atoms with Gasteiger partial charge in [0.05, 0.1) is 11.6 Å². The van der Waals surface area contributed by atoms with E-state index in [1.54, 1.807) is 24.3 Å². The van der Waals surface area contributed by atoms with Crippen LogP contribution < -0.4 is 4.74 Å². The normalized spacial score (nSPS) is 9.75. The van der Waals surface area contributed by atoms with Gasteiger partial charge in [-0.1, -0.05) is 16.1 Å². The van der Waals surface area contributed by atoms with Crippen molar-refractivity contribution < 1.29 is 4.74 Å². The van der Waals surface area contributed by atoms with E-state index in [-0.39, 0.29) is 6.61 Å². The van der Waals surface area contributed by atoms with Crippen molar-refractivity contribution >= 4 is 23.1 Å². The van der Waals surface area contributed by atoms with Gasteiger partial charge in [0.1, 0.15) is 22.4 Å². The fraction of sp³-hybridized carbons (Fsp3) is 0.100. The summed E-state index contributed by atoms with van der Waals surface area (Å²) < 4.78 is 9.67. The Labute approximate surface area is 101 Å². The summed E-state index contributed by atoms with van der Waals surface area (Å²) in [5.41, 5.74) is 1.22. The quantitative estimate of drug-likeness (QED) is 0.841. The fourth-order valence-electron chi connectivity index (χ4n) is 1.06. The second-order valence-electron chi connectivity index (χ2n) is 2.92. The maximum Gasteiger partial charge on any atom is 0.141 e. The standard InChI is InChI=1S/C10H6ClN3OS/c11-10-9(13-14-16-10)6-15-8-3-1-7(5-12)2-4-8/h1-4H,6H2. The van der Waals surface area contributed by atoms with Crippen molar-refractivity contribution in [3.05, 3.63) is 39.9 Å². The molecule has 1 aromatic carbocycles. The number of ether oxygens (including phenoxy) is 1. The number of aromatic nitrogens is 2. The number of nitrogens with zero attached hydrogens (tertiary/aromatic N) is 3. The van der Waals surface area contributed by atoms with Crippen molar-refractivity contribution in [2.45, 2.75) is 6.61 Å². The van der Waals surface area contributed by atoms with Gasteiger partial charge in [-0.15, -0.1) is 5.10 Å². The van der Waals surface area contributed by atoms with Gasteiger partial charge in [0.15, 0.2) is 0 Å². The van der Waals surface area contributed by atoms with Crippen LogP contribution in [-0.4, -0.2) is 9.59 Å². The first-order valence-electron chi connectivity index (χ1n) is 4.39. The molecule has 6 heteroatoms. The number of rotatable bonds is 3. The van der Waals surface area contributed by atoms with E-state index >= 15 is 0 Å². The van der Waals surface area contributed by atoms with Gasteiger partial charge in [-0.2, -0.15) is 5.26 Å². The molecule has 0 aliphatic heterocycles. The van der Waals surface area contributed by atoms with E-state index in [0.29, 0.717) is 21.3 Å². The van der Waals surface area contributed by atoms with Crippen LogP contribution in [0.4, 0.5) is 0 Å². The molecule has 0 fully saturated rings. The lowest BCUT2D eigenvalue weighted by Gasteiger charge is -2.03. The molecule has 0 N–H and O–H groups in total. The predicted molar refractivity (Wildman–Crippen MR) is 60.4 cm³/mol. The van der Waals surface area contributed by atoms with E-state index in [0.717, 1.165) is 11.5 Å². The first-order valence-corrected chi connectivity index (χ1v) is 5.54. The lowest BCUT2D eigenvalue weighted by Crippen LogP contribution is -1.96. The first kappa shape index (κ1) is 10.9. The molecule has 0 spiro atoms. The minimum Gasteiger partial charge on any atom is -0.487 e. The highest BCUT2D eigenvalue weighted by atomic mass is 35.5. The Morgan fingerprint density at radius 3 is 2.69 bits per heavy atom. The zero-order chi connectivity index (χ0) is 11.4. The van der Waals surface area contributed by atoms with Crippen LogP contribution in [-0.2, 0) is 6.61 Å². The molecule has 0 aliphatic carbocycles. The van der Waals surface area contributed by atoms with Crippen LogP contribution in [0.1, 0.15) is 11.3 Å². The van der Waals surface area contributed by atoms with Gasteiger partial charge < -0.3 is 4.74 Å². The van der Waals surface area contributed by atoms with Gasteiger partial charge in [-0.25, -0.2) is 0 Å². The molecule has 0 saturated heterocycles. The van der Waals surface area contributed by atoms with E-state index in [2.05, 4.69) is 9.59 Å². The smallest absolute Gasteiger partial charge is 0.141 e. The summed E-state index contributed by atoms with van der Waals surface area (Å²) in [5.74, 6) is 0.670. The largest absolute Gasteiger partial charge is 0.487 e. The molecule has 0 bridgehead atoms. The second kappa shape index (κ2) is 4.92. The molecular weight excluding hydrogens is 246 g/mol. The zero-order valence-corrected chi connectivity index (χ0v) is 9.63. The maximum absolute atomic E-state index is 8.62. The number of nitriles is 1. The molecule has 1 aromatic heterocycles. The Bertz CT molecular complexity index is 518. The molecule has 80 valence electrons. The highest BCUT2D eigenvalue weighted by molar-refractivity contribution is 7.10. The van der Waals surface area contributed by atoms with E-state index in [1.807, 2.05) is 6.07 Å². The number of hydrogen-bond donors (Lipinski definition) is 0. The van der Waals surface area contributed by atoms with Gasteiger partial charge >= 0.3 is 0 Å². The summed E-state index contributed by atoms with van der Waals surface area (Å²) in [6.45, 7) is 0.279. The van der Waals surface area contributed by atoms with Crippen LogP contribution in [0.3, 0.4) is 0 Å². The second-order valence-corrected chi connectivity index (χ2v) is 4.27. The summed E-state index contributed by atoms with van der Waals surface area (Å²) in [6.07, 6.45) is 0. The summed E-state index contributed by atoms with van der Waals surface area (Å²) in [7, 11) is 0. The van der Waals surface area contributed by atoms with Gasteiger partial charge in [-0.05, 0) is 24.3 Å². The Balaban J connectivity index is 2.00. The van der Waals surface area contributed by atoms with E-state index in [1.165, 1.54) is 0 Å².